The predicted octanol–water partition coefficient (Wildman–Crippen LogP) is 0.744. The van der Waals surface area contributed by atoms with Gasteiger partial charge in [-0.15, -0.1) is 0 Å². The number of rotatable bonds is 5. The van der Waals surface area contributed by atoms with E-state index in [0.717, 1.165) is 0 Å². The van der Waals surface area contributed by atoms with Crippen molar-refractivity contribution in [3.8, 4) is 11.5 Å². The van der Waals surface area contributed by atoms with E-state index >= 15 is 0 Å². The number of hydrogen-bond acceptors (Lipinski definition) is 5. The van der Waals surface area contributed by atoms with Gasteiger partial charge in [0.2, 0.25) is 0 Å². The van der Waals surface area contributed by atoms with Crippen molar-refractivity contribution < 1.29 is 19.8 Å². The number of para-hydroxylation sites is 1. The minimum atomic E-state index is -0.0958. The average Bonchev–Trinajstić information content (AvgIpc) is 2.26. The molecule has 0 aromatic heterocycles. The number of nitrogens with zero attached hydrogens (tertiary/aromatic N) is 1. The molecule has 1 aromatic rings. The fourth-order valence-electron chi connectivity index (χ4n) is 0.996. The number of aromatic hydroxyl groups is 1. The highest BCUT2D eigenvalue weighted by atomic mass is 16.6. The molecule has 82 valence electrons. The Morgan fingerprint density at radius 3 is 2.93 bits per heavy atom. The van der Waals surface area contributed by atoms with Gasteiger partial charge in [0, 0.05) is 5.56 Å². The second-order valence-corrected chi connectivity index (χ2v) is 2.69. The number of ether oxygens (including phenoxy) is 1. The fraction of sp³-hybridized carbons (Fsp3) is 0.300. The molecule has 0 unspecified atom stereocenters. The summed E-state index contributed by atoms with van der Waals surface area (Å²) in [6.45, 7) is 0.0304. The third-order valence-corrected chi connectivity index (χ3v) is 1.70. The molecular weight excluding hydrogens is 198 g/mol. The Morgan fingerprint density at radius 1 is 1.47 bits per heavy atom. The van der Waals surface area contributed by atoms with Crippen molar-refractivity contribution in [3.63, 3.8) is 0 Å². The number of aliphatic hydroxyl groups is 1. The van der Waals surface area contributed by atoms with Crippen LogP contribution >= 0.6 is 0 Å². The number of methoxy groups -OCH3 is 1. The molecule has 0 radical (unpaired) electrons. The van der Waals surface area contributed by atoms with Gasteiger partial charge >= 0.3 is 0 Å². The second-order valence-electron chi connectivity index (χ2n) is 2.69. The van der Waals surface area contributed by atoms with Crippen molar-refractivity contribution in [1.29, 1.82) is 0 Å². The first-order valence-electron chi connectivity index (χ1n) is 4.41. The molecule has 0 fully saturated rings. The molecule has 0 aliphatic heterocycles. The SMILES string of the molecule is COc1cccc(/C=N/OCCO)c1O. The van der Waals surface area contributed by atoms with Crippen LogP contribution in [0, 0.1) is 0 Å². The quantitative estimate of drug-likeness (QED) is 0.428. The molecule has 0 heterocycles. The van der Waals surface area contributed by atoms with Gasteiger partial charge in [0.15, 0.2) is 11.5 Å². The van der Waals surface area contributed by atoms with E-state index < -0.39 is 0 Å². The van der Waals surface area contributed by atoms with E-state index in [1.807, 2.05) is 0 Å². The summed E-state index contributed by atoms with van der Waals surface area (Å²) < 4.78 is 4.92. The lowest BCUT2D eigenvalue weighted by molar-refractivity contribution is 0.0997. The van der Waals surface area contributed by atoms with Gasteiger partial charge in [-0.25, -0.2) is 0 Å². The molecule has 0 aliphatic rings. The Morgan fingerprint density at radius 2 is 2.27 bits per heavy atom. The summed E-state index contributed by atoms with van der Waals surface area (Å²) >= 11 is 0. The lowest BCUT2D eigenvalue weighted by Crippen LogP contribution is -1.94. The normalized spacial score (nSPS) is 10.5. The zero-order chi connectivity index (χ0) is 11.1. The standard InChI is InChI=1S/C10H13NO4/c1-14-9-4-2-3-8(10(9)13)7-11-15-6-5-12/h2-4,7,12-13H,5-6H2,1H3/b11-7+. The van der Waals surface area contributed by atoms with E-state index in [-0.39, 0.29) is 19.0 Å². The maximum Gasteiger partial charge on any atom is 0.166 e. The predicted molar refractivity (Wildman–Crippen MR) is 55.3 cm³/mol. The van der Waals surface area contributed by atoms with Crippen molar-refractivity contribution in [1.82, 2.24) is 0 Å². The largest absolute Gasteiger partial charge is 0.504 e. The van der Waals surface area contributed by atoms with Crippen LogP contribution in [-0.2, 0) is 4.84 Å². The molecule has 1 aromatic carbocycles. The first kappa shape index (κ1) is 11.3. The van der Waals surface area contributed by atoms with E-state index in [1.165, 1.54) is 13.3 Å². The highest BCUT2D eigenvalue weighted by Crippen LogP contribution is 2.27. The van der Waals surface area contributed by atoms with Crippen molar-refractivity contribution in [2.75, 3.05) is 20.3 Å². The van der Waals surface area contributed by atoms with Crippen LogP contribution in [0.4, 0.5) is 0 Å². The first-order valence-corrected chi connectivity index (χ1v) is 4.41. The molecular formula is C10H13NO4. The van der Waals surface area contributed by atoms with Crippen LogP contribution in [0.3, 0.4) is 0 Å². The number of phenols is 1. The summed E-state index contributed by atoms with van der Waals surface area (Å²) in [5.41, 5.74) is 0.493. The van der Waals surface area contributed by atoms with E-state index in [0.29, 0.717) is 11.3 Å². The smallest absolute Gasteiger partial charge is 0.166 e. The Kier molecular flexibility index (Phi) is 4.43. The zero-order valence-electron chi connectivity index (χ0n) is 8.38. The molecule has 15 heavy (non-hydrogen) atoms. The van der Waals surface area contributed by atoms with Crippen molar-refractivity contribution >= 4 is 6.21 Å². The van der Waals surface area contributed by atoms with Crippen molar-refractivity contribution in [2.45, 2.75) is 0 Å². The van der Waals surface area contributed by atoms with Crippen LogP contribution in [-0.4, -0.2) is 36.8 Å². The Hall–Kier alpha value is -1.75. The number of hydrogen-bond donors (Lipinski definition) is 2. The fourth-order valence-corrected chi connectivity index (χ4v) is 0.996. The highest BCUT2D eigenvalue weighted by molar-refractivity contribution is 5.84. The molecule has 0 saturated heterocycles. The highest BCUT2D eigenvalue weighted by Gasteiger charge is 2.04. The summed E-state index contributed by atoms with van der Waals surface area (Å²) in [6.07, 6.45) is 1.35. The van der Waals surface area contributed by atoms with Crippen LogP contribution in [0.25, 0.3) is 0 Å². The number of aliphatic hydroxyl groups excluding tert-OH is 1. The average molecular weight is 211 g/mol. The topological polar surface area (TPSA) is 71.3 Å². The van der Waals surface area contributed by atoms with Gasteiger partial charge in [0.05, 0.1) is 19.9 Å². The summed E-state index contributed by atoms with van der Waals surface area (Å²) in [5, 5.41) is 21.6. The first-order chi connectivity index (χ1) is 7.29. The van der Waals surface area contributed by atoms with Gasteiger partial charge in [-0.05, 0) is 12.1 Å². The van der Waals surface area contributed by atoms with Gasteiger partial charge in [-0.2, -0.15) is 0 Å². The van der Waals surface area contributed by atoms with Gasteiger partial charge in [0.1, 0.15) is 6.61 Å². The molecule has 0 amide bonds. The second kappa shape index (κ2) is 5.87. The van der Waals surface area contributed by atoms with E-state index in [2.05, 4.69) is 9.99 Å². The molecule has 0 saturated carbocycles. The molecule has 2 N–H and O–H groups in total. The van der Waals surface area contributed by atoms with Gasteiger partial charge in [-0.1, -0.05) is 11.2 Å². The Labute approximate surface area is 87.6 Å². The van der Waals surface area contributed by atoms with Crippen LogP contribution in [0.1, 0.15) is 5.56 Å². The van der Waals surface area contributed by atoms with E-state index in [1.54, 1.807) is 18.2 Å². The van der Waals surface area contributed by atoms with Gasteiger partial charge < -0.3 is 19.8 Å². The molecule has 0 spiro atoms. The zero-order valence-corrected chi connectivity index (χ0v) is 8.38. The van der Waals surface area contributed by atoms with Gasteiger partial charge in [0.25, 0.3) is 0 Å². The molecule has 5 nitrogen and oxygen atoms in total. The molecule has 0 atom stereocenters. The number of benzene rings is 1. The minimum Gasteiger partial charge on any atom is -0.504 e. The Balaban J connectivity index is 2.72. The summed E-state index contributed by atoms with van der Waals surface area (Å²) in [5.74, 6) is 0.387. The van der Waals surface area contributed by atoms with E-state index in [4.69, 9.17) is 9.84 Å². The third-order valence-electron chi connectivity index (χ3n) is 1.70. The molecule has 0 aliphatic carbocycles. The Bertz CT molecular complexity index is 338. The summed E-state index contributed by atoms with van der Waals surface area (Å²) in [7, 11) is 1.47. The minimum absolute atomic E-state index is 0.0105. The maximum absolute atomic E-state index is 9.62. The van der Waals surface area contributed by atoms with Gasteiger partial charge in [-0.3, -0.25) is 0 Å². The number of phenolic OH excluding ortho intramolecular Hbond substituents is 1. The van der Waals surface area contributed by atoms with Crippen LogP contribution in [0.5, 0.6) is 11.5 Å². The maximum atomic E-state index is 9.62. The van der Waals surface area contributed by atoms with E-state index in [9.17, 15) is 5.11 Å². The van der Waals surface area contributed by atoms with Crippen LogP contribution < -0.4 is 4.74 Å². The lowest BCUT2D eigenvalue weighted by Gasteiger charge is -2.04. The van der Waals surface area contributed by atoms with Crippen LogP contribution in [0.2, 0.25) is 0 Å². The summed E-state index contributed by atoms with van der Waals surface area (Å²) in [6, 6.07) is 5.04. The number of oxime groups is 1. The monoisotopic (exact) mass is 211 g/mol. The summed E-state index contributed by atoms with van der Waals surface area (Å²) in [4.78, 5) is 4.68. The van der Waals surface area contributed by atoms with Crippen LogP contribution in [0.15, 0.2) is 23.4 Å². The van der Waals surface area contributed by atoms with Crippen molar-refractivity contribution in [2.24, 2.45) is 5.16 Å². The molecule has 0 bridgehead atoms. The lowest BCUT2D eigenvalue weighted by atomic mass is 10.2. The third kappa shape index (κ3) is 3.14. The molecule has 1 rings (SSSR count). The van der Waals surface area contributed by atoms with Crippen molar-refractivity contribution in [3.05, 3.63) is 23.8 Å². The molecule has 5 heteroatoms.